The predicted molar refractivity (Wildman–Crippen MR) is 194 cm³/mol. The molecule has 12 nitrogen and oxygen atoms in total. The quantitative estimate of drug-likeness (QED) is 0.148. The minimum Gasteiger partial charge on any atom is -0.497 e. The molecule has 1 saturated heterocycles. The monoisotopic (exact) mass is 687 g/mol. The number of hydrogen-bond acceptors (Lipinski definition) is 11. The number of nitrogens with zero attached hydrogens (tertiary/aromatic N) is 9. The van der Waals surface area contributed by atoms with E-state index in [1.165, 1.54) is 0 Å². The summed E-state index contributed by atoms with van der Waals surface area (Å²) in [5.74, 6) is 4.05. The molecule has 7 rings (SSSR count). The fourth-order valence-corrected chi connectivity index (χ4v) is 6.90. The van der Waals surface area contributed by atoms with E-state index < -0.39 is 10.0 Å². The fourth-order valence-electron chi connectivity index (χ4n) is 5.66. The Bertz CT molecular complexity index is 1960. The summed E-state index contributed by atoms with van der Waals surface area (Å²) in [7, 11) is 1.01. The van der Waals surface area contributed by atoms with Gasteiger partial charge in [0.05, 0.1) is 66.7 Å². The lowest BCUT2D eigenvalue weighted by atomic mass is 10.2. The number of imidazole rings is 1. The van der Waals surface area contributed by atoms with Crippen molar-refractivity contribution >= 4 is 49.9 Å². The highest BCUT2D eigenvalue weighted by Crippen LogP contribution is 2.34. The van der Waals surface area contributed by atoms with Gasteiger partial charge in [0.1, 0.15) is 18.3 Å². The van der Waals surface area contributed by atoms with E-state index in [1.807, 2.05) is 46.7 Å². The molecule has 0 amide bonds. The van der Waals surface area contributed by atoms with Gasteiger partial charge in [0.15, 0.2) is 5.65 Å². The summed E-state index contributed by atoms with van der Waals surface area (Å²) in [6, 6.07) is 16.4. The molecule has 1 aliphatic heterocycles. The van der Waals surface area contributed by atoms with Crippen LogP contribution in [0.25, 0.3) is 27.1 Å². The van der Waals surface area contributed by atoms with Crippen LogP contribution in [0.3, 0.4) is 0 Å². The molecule has 252 valence electrons. The first-order valence-electron chi connectivity index (χ1n) is 15.9. The minimum absolute atomic E-state index is 0.414. The zero-order valence-electron chi connectivity index (χ0n) is 27.8. The Morgan fingerprint density at radius 1 is 0.958 bits per heavy atom. The highest BCUT2D eigenvalue weighted by Gasteiger charge is 2.25. The molecule has 14 heteroatoms. The van der Waals surface area contributed by atoms with Crippen molar-refractivity contribution in [1.29, 1.82) is 0 Å². The minimum atomic E-state index is -0.667. The average Bonchev–Trinajstić information content (AvgIpc) is 3.85. The van der Waals surface area contributed by atoms with Gasteiger partial charge in [-0.2, -0.15) is 19.6 Å². The number of aromatic nitrogens is 7. The number of methoxy groups -OCH3 is 1. The molecule has 1 aliphatic rings. The van der Waals surface area contributed by atoms with Crippen molar-refractivity contribution in [3.63, 3.8) is 0 Å². The summed E-state index contributed by atoms with van der Waals surface area (Å²) >= 11 is 1.57. The van der Waals surface area contributed by atoms with Crippen LogP contribution < -0.4 is 14.5 Å². The topological polar surface area (TPSA) is 108 Å². The molecular weight excluding hydrogens is 647 g/mol. The molecular formula is C34H41N9O3S2. The van der Waals surface area contributed by atoms with E-state index in [4.69, 9.17) is 34.3 Å². The predicted octanol–water partition coefficient (Wildman–Crippen LogP) is 5.32. The number of para-hydroxylation sites is 2. The Labute approximate surface area is 285 Å². The number of hydrogen-bond donors (Lipinski definition) is 0. The van der Waals surface area contributed by atoms with Gasteiger partial charge in [-0.1, -0.05) is 24.3 Å². The third-order valence-electron chi connectivity index (χ3n) is 8.27. The Kier molecular flexibility index (Phi) is 9.48. The van der Waals surface area contributed by atoms with E-state index >= 15 is 0 Å². The summed E-state index contributed by atoms with van der Waals surface area (Å²) in [5.41, 5.74) is 6.53. The molecule has 48 heavy (non-hydrogen) atoms. The third-order valence-corrected chi connectivity index (χ3v) is 10.5. The Balaban J connectivity index is 1.33. The SMILES string of the molecule is COc1ccc(CN(Cc2nc3ccccc3n2COCCS(C)(C)C)c2nc(N3CCOCC3)nc3c(-c4cncs4)cnn23)cc1. The van der Waals surface area contributed by atoms with E-state index in [0.29, 0.717) is 64.6 Å². The van der Waals surface area contributed by atoms with Crippen LogP contribution in [0, 0.1) is 0 Å². The molecule has 0 aliphatic carbocycles. The van der Waals surface area contributed by atoms with Crippen molar-refractivity contribution in [2.24, 2.45) is 0 Å². The number of anilines is 2. The van der Waals surface area contributed by atoms with Crippen LogP contribution in [-0.4, -0.2) is 98.7 Å². The van der Waals surface area contributed by atoms with Crippen LogP contribution in [0.4, 0.5) is 11.9 Å². The van der Waals surface area contributed by atoms with Gasteiger partial charge in [0, 0.05) is 31.6 Å². The average molecular weight is 688 g/mol. The summed E-state index contributed by atoms with van der Waals surface area (Å²) < 4.78 is 21.4. The first kappa shape index (κ1) is 32.3. The number of fused-ring (bicyclic) bond motifs is 2. The van der Waals surface area contributed by atoms with E-state index in [-0.39, 0.29) is 0 Å². The molecule has 2 aromatic carbocycles. The van der Waals surface area contributed by atoms with Crippen LogP contribution in [0.15, 0.2) is 66.4 Å². The number of morpholine rings is 1. The molecule has 5 heterocycles. The first-order chi connectivity index (χ1) is 23.4. The molecule has 6 aromatic rings. The maximum Gasteiger partial charge on any atom is 0.232 e. The molecule has 1 fully saturated rings. The maximum absolute atomic E-state index is 6.29. The Hall–Kier alpha value is -4.24. The molecule has 0 unspecified atom stereocenters. The van der Waals surface area contributed by atoms with Gasteiger partial charge < -0.3 is 28.6 Å². The van der Waals surface area contributed by atoms with Crippen LogP contribution in [0.5, 0.6) is 5.75 Å². The largest absolute Gasteiger partial charge is 0.497 e. The number of benzene rings is 2. The summed E-state index contributed by atoms with van der Waals surface area (Å²) in [4.78, 5) is 25.2. The van der Waals surface area contributed by atoms with E-state index in [1.54, 1.807) is 18.4 Å². The molecule has 0 atom stereocenters. The second kappa shape index (κ2) is 14.1. The lowest BCUT2D eigenvalue weighted by Gasteiger charge is -2.29. The van der Waals surface area contributed by atoms with Gasteiger partial charge in [0.2, 0.25) is 11.9 Å². The van der Waals surface area contributed by atoms with Crippen molar-refractivity contribution < 1.29 is 14.2 Å². The van der Waals surface area contributed by atoms with Crippen LogP contribution in [0.1, 0.15) is 11.4 Å². The fraction of sp³-hybridized carbons (Fsp3) is 0.382. The van der Waals surface area contributed by atoms with E-state index in [9.17, 15) is 0 Å². The zero-order chi connectivity index (χ0) is 33.1. The number of thiazole rings is 1. The lowest BCUT2D eigenvalue weighted by Crippen LogP contribution is -2.38. The number of ether oxygens (including phenoxy) is 3. The molecule has 0 radical (unpaired) electrons. The summed E-state index contributed by atoms with van der Waals surface area (Å²) in [6.45, 7) is 4.79. The molecule has 0 N–H and O–H groups in total. The van der Waals surface area contributed by atoms with Crippen molar-refractivity contribution in [2.75, 3.05) is 74.3 Å². The van der Waals surface area contributed by atoms with E-state index in [0.717, 1.165) is 50.0 Å². The van der Waals surface area contributed by atoms with Crippen LogP contribution in [-0.2, 0) is 29.3 Å². The van der Waals surface area contributed by atoms with Crippen LogP contribution >= 0.6 is 21.4 Å². The normalized spacial score (nSPS) is 14.2. The van der Waals surface area contributed by atoms with Crippen molar-refractivity contribution in [2.45, 2.75) is 19.8 Å². The summed E-state index contributed by atoms with van der Waals surface area (Å²) in [5, 5.41) is 4.86. The maximum atomic E-state index is 6.29. The van der Waals surface area contributed by atoms with Gasteiger partial charge in [-0.3, -0.25) is 4.98 Å². The number of rotatable bonds is 13. The lowest BCUT2D eigenvalue weighted by molar-refractivity contribution is 0.0903. The molecule has 0 saturated carbocycles. The standard InChI is InChI=1S/C34H41N9O3S2/c1-44-26-11-9-25(10-12-26)21-41(22-31-37-28-7-5-6-8-29(28)42(31)24-46-17-18-48(2,3)4)34-39-33(40-13-15-45-16-14-40)38-32-27(19-36-43(32)34)30-20-35-23-47-30/h5-12,19-20,23H,13-18,21-22,24H2,1-4H3. The van der Waals surface area contributed by atoms with Crippen molar-refractivity contribution in [3.05, 3.63) is 77.8 Å². The van der Waals surface area contributed by atoms with Gasteiger partial charge in [-0.25, -0.2) is 15.0 Å². The highest BCUT2D eigenvalue weighted by molar-refractivity contribution is 8.32. The van der Waals surface area contributed by atoms with Gasteiger partial charge in [0.25, 0.3) is 0 Å². The van der Waals surface area contributed by atoms with Crippen LogP contribution in [0.2, 0.25) is 0 Å². The van der Waals surface area contributed by atoms with Gasteiger partial charge >= 0.3 is 0 Å². The highest BCUT2D eigenvalue weighted by atomic mass is 32.3. The Morgan fingerprint density at radius 2 is 1.77 bits per heavy atom. The van der Waals surface area contributed by atoms with Crippen molar-refractivity contribution in [1.82, 2.24) is 34.1 Å². The molecule has 0 bridgehead atoms. The molecule has 0 spiro atoms. The third kappa shape index (κ3) is 7.11. The first-order valence-corrected chi connectivity index (χ1v) is 19.8. The Morgan fingerprint density at radius 3 is 2.52 bits per heavy atom. The summed E-state index contributed by atoms with van der Waals surface area (Å²) in [6.07, 6.45) is 10.7. The second-order valence-electron chi connectivity index (χ2n) is 12.6. The smallest absolute Gasteiger partial charge is 0.232 e. The molecule has 4 aromatic heterocycles. The second-order valence-corrected chi connectivity index (χ2v) is 18.0. The van der Waals surface area contributed by atoms with Gasteiger partial charge in [-0.05, 0) is 48.6 Å². The van der Waals surface area contributed by atoms with E-state index in [2.05, 4.69) is 62.4 Å². The zero-order valence-corrected chi connectivity index (χ0v) is 29.4. The van der Waals surface area contributed by atoms with Crippen molar-refractivity contribution in [3.8, 4) is 16.2 Å². The van der Waals surface area contributed by atoms with Gasteiger partial charge in [-0.15, -0.1) is 11.3 Å².